The van der Waals surface area contributed by atoms with Crippen molar-refractivity contribution in [2.75, 3.05) is 13.1 Å². The normalized spacial score (nSPS) is 21.2. The van der Waals surface area contributed by atoms with Gasteiger partial charge in [-0.15, -0.1) is 0 Å². The van der Waals surface area contributed by atoms with E-state index < -0.39 is 0 Å². The number of hydrogen-bond acceptors (Lipinski definition) is 3. The van der Waals surface area contributed by atoms with E-state index in [1.807, 2.05) is 6.92 Å². The van der Waals surface area contributed by atoms with Crippen LogP contribution in [0.5, 0.6) is 0 Å². The molecule has 1 amide bonds. The molecule has 1 aromatic carbocycles. The number of carbonyl (C=O) groups is 1. The van der Waals surface area contributed by atoms with Crippen molar-refractivity contribution in [1.82, 2.24) is 4.90 Å². The van der Waals surface area contributed by atoms with Crippen LogP contribution in [-0.2, 0) is 0 Å². The van der Waals surface area contributed by atoms with Gasteiger partial charge in [-0.3, -0.25) is 4.79 Å². The van der Waals surface area contributed by atoms with Crippen LogP contribution < -0.4 is 0 Å². The Morgan fingerprint density at radius 3 is 3.00 bits per heavy atom. The molecule has 0 aliphatic carbocycles. The Morgan fingerprint density at radius 2 is 2.35 bits per heavy atom. The second-order valence-corrected chi connectivity index (χ2v) is 6.03. The van der Waals surface area contributed by atoms with Gasteiger partial charge in [0, 0.05) is 29.9 Å². The Hall–Kier alpha value is -1.07. The van der Waals surface area contributed by atoms with Crippen LogP contribution in [0.4, 0.5) is 0 Å². The predicted octanol–water partition coefficient (Wildman–Crippen LogP) is 3.80. The monoisotopic (exact) mass is 358 g/mol. The average Bonchev–Trinajstić information content (AvgIpc) is 2.48. The number of rotatable bonds is 2. The number of benzene rings is 1. The summed E-state index contributed by atoms with van der Waals surface area (Å²) in [5.74, 6) is 0.0374. The van der Waals surface area contributed by atoms with Crippen LogP contribution in [0.15, 0.2) is 27.8 Å². The number of oxime groups is 1. The Kier molecular flexibility index (Phi) is 5.05. The fourth-order valence-electron chi connectivity index (χ4n) is 2.44. The maximum absolute atomic E-state index is 12.5. The van der Waals surface area contributed by atoms with Crippen molar-refractivity contribution in [1.29, 1.82) is 0 Å². The molecule has 20 heavy (non-hydrogen) atoms. The van der Waals surface area contributed by atoms with Crippen molar-refractivity contribution < 1.29 is 10.0 Å². The molecule has 1 aliphatic rings. The minimum Gasteiger partial charge on any atom is -0.411 e. The Balaban J connectivity index is 2.20. The lowest BCUT2D eigenvalue weighted by Crippen LogP contribution is -2.44. The van der Waals surface area contributed by atoms with Crippen molar-refractivity contribution in [3.63, 3.8) is 0 Å². The third-order valence-electron chi connectivity index (χ3n) is 3.64. The highest BCUT2D eigenvalue weighted by Crippen LogP contribution is 2.28. The molecule has 1 heterocycles. The van der Waals surface area contributed by atoms with Gasteiger partial charge < -0.3 is 10.1 Å². The summed E-state index contributed by atoms with van der Waals surface area (Å²) in [5.41, 5.74) is 1.28. The SMILES string of the molecule is CCC1CN(C(=O)c2cccc(Br)c2Cl)CC/C1=N\O. The number of carbonyl (C=O) groups excluding carboxylic acids is 1. The summed E-state index contributed by atoms with van der Waals surface area (Å²) in [4.78, 5) is 14.3. The number of amides is 1. The first kappa shape index (κ1) is 15.3. The Bertz CT molecular complexity index is 548. The first-order valence-corrected chi connectivity index (χ1v) is 7.69. The molecule has 1 aromatic rings. The zero-order chi connectivity index (χ0) is 14.7. The third kappa shape index (κ3) is 2.99. The third-order valence-corrected chi connectivity index (χ3v) is 4.94. The summed E-state index contributed by atoms with van der Waals surface area (Å²) in [7, 11) is 0. The molecule has 1 fully saturated rings. The van der Waals surface area contributed by atoms with Gasteiger partial charge in [-0.1, -0.05) is 29.7 Å². The molecule has 1 atom stereocenters. The first-order valence-electron chi connectivity index (χ1n) is 6.52. The van der Waals surface area contributed by atoms with Gasteiger partial charge in [0.25, 0.3) is 5.91 Å². The molecule has 0 saturated carbocycles. The quantitative estimate of drug-likeness (QED) is 0.645. The highest BCUT2D eigenvalue weighted by Gasteiger charge is 2.29. The number of halogens is 2. The van der Waals surface area contributed by atoms with Gasteiger partial charge in [0.05, 0.1) is 16.3 Å². The molecule has 1 unspecified atom stereocenters. The maximum atomic E-state index is 12.5. The van der Waals surface area contributed by atoms with E-state index in [1.54, 1.807) is 23.1 Å². The van der Waals surface area contributed by atoms with Crippen LogP contribution >= 0.6 is 27.5 Å². The summed E-state index contributed by atoms with van der Waals surface area (Å²) in [5, 5.41) is 12.8. The number of nitrogens with zero attached hydrogens (tertiary/aromatic N) is 2. The summed E-state index contributed by atoms with van der Waals surface area (Å²) in [6.45, 7) is 3.14. The fraction of sp³-hybridized carbons (Fsp3) is 0.429. The Morgan fingerprint density at radius 1 is 1.60 bits per heavy atom. The van der Waals surface area contributed by atoms with Crippen molar-refractivity contribution in [3.05, 3.63) is 33.3 Å². The van der Waals surface area contributed by atoms with Crippen molar-refractivity contribution in [2.45, 2.75) is 19.8 Å². The summed E-state index contributed by atoms with van der Waals surface area (Å²) in [6.07, 6.45) is 1.45. The van der Waals surface area contributed by atoms with E-state index in [2.05, 4.69) is 21.1 Å². The average molecular weight is 360 g/mol. The van der Waals surface area contributed by atoms with E-state index in [0.717, 1.165) is 12.1 Å². The number of likely N-dealkylation sites (tertiary alicyclic amines) is 1. The highest BCUT2D eigenvalue weighted by molar-refractivity contribution is 9.10. The summed E-state index contributed by atoms with van der Waals surface area (Å²) in [6, 6.07) is 5.33. The van der Waals surface area contributed by atoms with Crippen LogP contribution in [0.1, 0.15) is 30.1 Å². The fourth-order valence-corrected chi connectivity index (χ4v) is 3.01. The van der Waals surface area contributed by atoms with Crippen molar-refractivity contribution in [2.24, 2.45) is 11.1 Å². The summed E-state index contributed by atoms with van der Waals surface area (Å²) < 4.78 is 0.715. The summed E-state index contributed by atoms with van der Waals surface area (Å²) >= 11 is 9.51. The number of hydrogen-bond donors (Lipinski definition) is 1. The smallest absolute Gasteiger partial charge is 0.255 e. The second-order valence-electron chi connectivity index (χ2n) is 4.80. The minimum absolute atomic E-state index is 0.0771. The van der Waals surface area contributed by atoms with Gasteiger partial charge in [0.1, 0.15) is 0 Å². The maximum Gasteiger partial charge on any atom is 0.255 e. The van der Waals surface area contributed by atoms with Crippen molar-refractivity contribution in [3.8, 4) is 0 Å². The van der Waals surface area contributed by atoms with Crippen LogP contribution in [0.2, 0.25) is 5.02 Å². The van der Waals surface area contributed by atoms with E-state index in [-0.39, 0.29) is 11.8 Å². The lowest BCUT2D eigenvalue weighted by atomic mass is 9.93. The van der Waals surface area contributed by atoms with E-state index in [9.17, 15) is 4.79 Å². The van der Waals surface area contributed by atoms with E-state index in [4.69, 9.17) is 16.8 Å². The standard InChI is InChI=1S/C14H16BrClN2O2/c1-2-9-8-18(7-6-12(9)17-20)14(19)10-4-3-5-11(15)13(10)16/h3-5,9,20H,2,6-8H2,1H3/b17-12+. The van der Waals surface area contributed by atoms with Crippen LogP contribution in [-0.4, -0.2) is 34.8 Å². The molecule has 1 N–H and O–H groups in total. The van der Waals surface area contributed by atoms with Gasteiger partial charge in [0.2, 0.25) is 0 Å². The molecule has 2 rings (SSSR count). The molecule has 0 spiro atoms. The minimum atomic E-state index is -0.0771. The Labute approximate surface area is 131 Å². The zero-order valence-corrected chi connectivity index (χ0v) is 13.5. The van der Waals surface area contributed by atoms with E-state index in [1.165, 1.54) is 0 Å². The lowest BCUT2D eigenvalue weighted by Gasteiger charge is -2.33. The van der Waals surface area contributed by atoms with Gasteiger partial charge in [-0.05, 0) is 34.5 Å². The zero-order valence-electron chi connectivity index (χ0n) is 11.1. The molecular formula is C14H16BrClN2O2. The van der Waals surface area contributed by atoms with E-state index in [0.29, 0.717) is 34.6 Å². The van der Waals surface area contributed by atoms with Crippen LogP contribution in [0.25, 0.3) is 0 Å². The molecule has 0 aromatic heterocycles. The molecule has 1 aliphatic heterocycles. The van der Waals surface area contributed by atoms with Crippen LogP contribution in [0, 0.1) is 5.92 Å². The van der Waals surface area contributed by atoms with Gasteiger partial charge in [-0.25, -0.2) is 0 Å². The topological polar surface area (TPSA) is 52.9 Å². The van der Waals surface area contributed by atoms with Gasteiger partial charge in [-0.2, -0.15) is 0 Å². The van der Waals surface area contributed by atoms with Crippen molar-refractivity contribution >= 4 is 39.1 Å². The molecule has 0 radical (unpaired) electrons. The highest BCUT2D eigenvalue weighted by atomic mass is 79.9. The molecule has 108 valence electrons. The predicted molar refractivity (Wildman–Crippen MR) is 82.7 cm³/mol. The molecule has 4 nitrogen and oxygen atoms in total. The van der Waals surface area contributed by atoms with Gasteiger partial charge >= 0.3 is 0 Å². The first-order chi connectivity index (χ1) is 9.58. The molecular weight excluding hydrogens is 344 g/mol. The van der Waals surface area contributed by atoms with Crippen LogP contribution in [0.3, 0.4) is 0 Å². The largest absolute Gasteiger partial charge is 0.411 e. The molecule has 1 saturated heterocycles. The molecule has 0 bridgehead atoms. The lowest BCUT2D eigenvalue weighted by molar-refractivity contribution is 0.0729. The number of piperidine rings is 1. The van der Waals surface area contributed by atoms with Gasteiger partial charge in [0.15, 0.2) is 0 Å². The molecule has 6 heteroatoms. The second kappa shape index (κ2) is 6.59. The van der Waals surface area contributed by atoms with E-state index >= 15 is 0 Å².